The molecule has 0 unspecified atom stereocenters. The van der Waals surface area contributed by atoms with Crippen LogP contribution in [0.25, 0.3) is 0 Å². The van der Waals surface area contributed by atoms with Gasteiger partial charge in [0.1, 0.15) is 4.90 Å². The van der Waals surface area contributed by atoms with Crippen LogP contribution in [0.2, 0.25) is 0 Å². The van der Waals surface area contributed by atoms with Crippen LogP contribution in [0.15, 0.2) is 28.2 Å². The predicted octanol–water partition coefficient (Wildman–Crippen LogP) is 0.422. The average Bonchev–Trinajstić information content (AvgIpc) is 2.40. The first-order valence-electron chi connectivity index (χ1n) is 6.23. The Labute approximate surface area is 112 Å². The lowest BCUT2D eigenvalue weighted by molar-refractivity contribution is 0.0620. The van der Waals surface area contributed by atoms with E-state index in [0.717, 1.165) is 12.8 Å². The molecule has 1 saturated heterocycles. The van der Waals surface area contributed by atoms with E-state index in [9.17, 15) is 13.2 Å². The summed E-state index contributed by atoms with van der Waals surface area (Å²) < 4.78 is 31.1. The molecular formula is C12H18N2O4S. The third kappa shape index (κ3) is 3.23. The fraction of sp³-hybridized carbons (Fsp3) is 0.583. The van der Waals surface area contributed by atoms with Crippen molar-refractivity contribution in [1.29, 1.82) is 0 Å². The Morgan fingerprint density at radius 1 is 1.42 bits per heavy atom. The number of H-pyrrole nitrogens is 1. The van der Waals surface area contributed by atoms with Gasteiger partial charge in [-0.05, 0) is 18.8 Å². The summed E-state index contributed by atoms with van der Waals surface area (Å²) in [4.78, 5) is 14.1. The van der Waals surface area contributed by atoms with Gasteiger partial charge in [0.05, 0.1) is 0 Å². The first-order chi connectivity index (χ1) is 9.01. The van der Waals surface area contributed by atoms with Gasteiger partial charge in [-0.3, -0.25) is 4.79 Å². The summed E-state index contributed by atoms with van der Waals surface area (Å²) in [6.45, 7) is 1.76. The van der Waals surface area contributed by atoms with E-state index in [1.54, 1.807) is 0 Å². The molecule has 2 heterocycles. The molecule has 106 valence electrons. The monoisotopic (exact) mass is 286 g/mol. The molecule has 1 fully saturated rings. The second kappa shape index (κ2) is 5.85. The van der Waals surface area contributed by atoms with E-state index in [2.05, 4.69) is 4.98 Å². The van der Waals surface area contributed by atoms with Crippen molar-refractivity contribution in [3.63, 3.8) is 0 Å². The highest BCUT2D eigenvalue weighted by molar-refractivity contribution is 7.89. The number of rotatable bonds is 4. The van der Waals surface area contributed by atoms with E-state index < -0.39 is 15.5 Å². The fourth-order valence-electron chi connectivity index (χ4n) is 2.16. The van der Waals surface area contributed by atoms with E-state index in [0.29, 0.717) is 19.8 Å². The van der Waals surface area contributed by atoms with Gasteiger partial charge in [-0.15, -0.1) is 0 Å². The maximum atomic E-state index is 12.3. The quantitative estimate of drug-likeness (QED) is 0.870. The molecule has 0 atom stereocenters. The molecule has 1 N–H and O–H groups in total. The van der Waals surface area contributed by atoms with Gasteiger partial charge in [0, 0.05) is 45.3 Å². The van der Waals surface area contributed by atoms with Gasteiger partial charge in [-0.2, -0.15) is 0 Å². The minimum absolute atomic E-state index is 0.204. The van der Waals surface area contributed by atoms with E-state index in [4.69, 9.17) is 4.74 Å². The maximum Gasteiger partial charge on any atom is 0.248 e. The molecular weight excluding hydrogens is 268 g/mol. The van der Waals surface area contributed by atoms with E-state index >= 15 is 0 Å². The van der Waals surface area contributed by atoms with Crippen molar-refractivity contribution < 1.29 is 13.2 Å². The third-order valence-corrected chi connectivity index (χ3v) is 5.18. The second-order valence-electron chi connectivity index (χ2n) is 4.71. The molecule has 0 spiro atoms. The summed E-state index contributed by atoms with van der Waals surface area (Å²) in [5, 5.41) is 0. The zero-order chi connectivity index (χ0) is 13.9. The SMILES string of the molecule is CN(CC1CCOCC1)S(=O)(=O)c1c[nH]ccc1=O. The molecule has 0 aliphatic carbocycles. The molecule has 0 bridgehead atoms. The van der Waals surface area contributed by atoms with Crippen LogP contribution < -0.4 is 5.43 Å². The Kier molecular flexibility index (Phi) is 4.38. The number of hydrogen-bond acceptors (Lipinski definition) is 4. The highest BCUT2D eigenvalue weighted by atomic mass is 32.2. The highest BCUT2D eigenvalue weighted by Gasteiger charge is 2.26. The average molecular weight is 286 g/mol. The van der Waals surface area contributed by atoms with E-state index in [1.807, 2.05) is 0 Å². The number of nitrogens with zero attached hydrogens (tertiary/aromatic N) is 1. The Balaban J connectivity index is 2.15. The first kappa shape index (κ1) is 14.2. The van der Waals surface area contributed by atoms with Crippen molar-refractivity contribution in [2.75, 3.05) is 26.8 Å². The molecule has 0 amide bonds. The Bertz CT molecular complexity index is 575. The van der Waals surface area contributed by atoms with Crippen molar-refractivity contribution in [3.05, 3.63) is 28.7 Å². The topological polar surface area (TPSA) is 79.5 Å². The van der Waals surface area contributed by atoms with Gasteiger partial charge >= 0.3 is 0 Å². The van der Waals surface area contributed by atoms with Gasteiger partial charge in [0.25, 0.3) is 0 Å². The van der Waals surface area contributed by atoms with Gasteiger partial charge in [-0.1, -0.05) is 0 Å². The van der Waals surface area contributed by atoms with Crippen LogP contribution in [0, 0.1) is 5.92 Å². The Morgan fingerprint density at radius 2 is 2.11 bits per heavy atom. The molecule has 0 saturated carbocycles. The molecule has 7 heteroatoms. The van der Waals surface area contributed by atoms with Gasteiger partial charge in [0.15, 0.2) is 0 Å². The van der Waals surface area contributed by atoms with E-state index in [1.165, 1.54) is 29.8 Å². The second-order valence-corrected chi connectivity index (χ2v) is 6.73. The number of pyridine rings is 1. The van der Waals surface area contributed by atoms with Crippen molar-refractivity contribution in [2.24, 2.45) is 5.92 Å². The number of ether oxygens (including phenoxy) is 1. The highest BCUT2D eigenvalue weighted by Crippen LogP contribution is 2.18. The number of nitrogens with one attached hydrogen (secondary N) is 1. The standard InChI is InChI=1S/C12H18N2O4S/c1-14(9-10-3-6-18-7-4-10)19(16,17)12-8-13-5-2-11(12)15/h2,5,8,10H,3-4,6-7,9H2,1H3,(H,13,15). The lowest BCUT2D eigenvalue weighted by atomic mass is 10.0. The lowest BCUT2D eigenvalue weighted by Crippen LogP contribution is -2.36. The van der Waals surface area contributed by atoms with Crippen LogP contribution in [0.1, 0.15) is 12.8 Å². The summed E-state index contributed by atoms with van der Waals surface area (Å²) in [6.07, 6.45) is 4.36. The minimum atomic E-state index is -3.72. The number of aromatic amines is 1. The largest absolute Gasteiger partial charge is 0.381 e. The summed E-state index contributed by atoms with van der Waals surface area (Å²) in [6, 6.07) is 1.22. The molecule has 6 nitrogen and oxygen atoms in total. The molecule has 19 heavy (non-hydrogen) atoms. The first-order valence-corrected chi connectivity index (χ1v) is 7.67. The van der Waals surface area contributed by atoms with Crippen LogP contribution >= 0.6 is 0 Å². The maximum absolute atomic E-state index is 12.3. The van der Waals surface area contributed by atoms with Crippen LogP contribution in [0.3, 0.4) is 0 Å². The molecule has 1 aliphatic heterocycles. The lowest BCUT2D eigenvalue weighted by Gasteiger charge is -2.26. The van der Waals surface area contributed by atoms with Crippen LogP contribution in [0.4, 0.5) is 0 Å². The summed E-state index contributed by atoms with van der Waals surface area (Å²) >= 11 is 0. The van der Waals surface area contributed by atoms with Crippen molar-refractivity contribution in [1.82, 2.24) is 9.29 Å². The molecule has 2 rings (SSSR count). The molecule has 1 aliphatic rings. The Hall–Kier alpha value is -1.18. The Morgan fingerprint density at radius 3 is 2.74 bits per heavy atom. The molecule has 0 radical (unpaired) electrons. The van der Waals surface area contributed by atoms with Crippen LogP contribution in [-0.4, -0.2) is 44.5 Å². The zero-order valence-electron chi connectivity index (χ0n) is 10.8. The summed E-state index contributed by atoms with van der Waals surface area (Å²) in [5.74, 6) is 0.288. The fourth-order valence-corrected chi connectivity index (χ4v) is 3.44. The van der Waals surface area contributed by atoms with Gasteiger partial charge in [0.2, 0.25) is 15.5 Å². The summed E-state index contributed by atoms with van der Waals surface area (Å²) in [7, 11) is -2.21. The minimum Gasteiger partial charge on any atom is -0.381 e. The van der Waals surface area contributed by atoms with Crippen molar-refractivity contribution in [2.45, 2.75) is 17.7 Å². The number of sulfonamides is 1. The van der Waals surface area contributed by atoms with E-state index in [-0.39, 0.29) is 10.8 Å². The zero-order valence-corrected chi connectivity index (χ0v) is 11.6. The van der Waals surface area contributed by atoms with Gasteiger partial charge in [-0.25, -0.2) is 12.7 Å². The van der Waals surface area contributed by atoms with Gasteiger partial charge < -0.3 is 9.72 Å². The molecule has 0 aromatic carbocycles. The predicted molar refractivity (Wildman–Crippen MR) is 70.4 cm³/mol. The number of aromatic nitrogens is 1. The smallest absolute Gasteiger partial charge is 0.248 e. The number of hydrogen-bond donors (Lipinski definition) is 1. The van der Waals surface area contributed by atoms with Crippen molar-refractivity contribution >= 4 is 10.0 Å². The normalized spacial score (nSPS) is 17.8. The molecule has 1 aromatic rings. The summed E-state index contributed by atoms with van der Waals surface area (Å²) in [5.41, 5.74) is -0.488. The molecule has 1 aromatic heterocycles. The van der Waals surface area contributed by atoms with Crippen LogP contribution in [0.5, 0.6) is 0 Å². The van der Waals surface area contributed by atoms with Crippen molar-refractivity contribution in [3.8, 4) is 0 Å². The van der Waals surface area contributed by atoms with Crippen LogP contribution in [-0.2, 0) is 14.8 Å². The third-order valence-electron chi connectivity index (χ3n) is 3.33.